The maximum atomic E-state index is 5.47. The molecule has 0 unspecified atom stereocenters. The second kappa shape index (κ2) is 6.23. The van der Waals surface area contributed by atoms with Crippen molar-refractivity contribution < 1.29 is 9.47 Å². The quantitative estimate of drug-likeness (QED) is 0.634. The minimum atomic E-state index is 0.281. The number of anilines is 2. The van der Waals surface area contributed by atoms with Gasteiger partial charge in [0.1, 0.15) is 0 Å². The number of para-hydroxylation sites is 2. The summed E-state index contributed by atoms with van der Waals surface area (Å²) in [5.41, 5.74) is 5.87. The minimum absolute atomic E-state index is 0.281. The highest BCUT2D eigenvalue weighted by Crippen LogP contribution is 2.36. The van der Waals surface area contributed by atoms with Crippen LogP contribution in [0.3, 0.4) is 0 Å². The average Bonchev–Trinajstić information content (AvgIpc) is 3.09. The molecule has 2 aliphatic heterocycles. The lowest BCUT2D eigenvalue weighted by molar-refractivity contribution is 0.174. The third-order valence-electron chi connectivity index (χ3n) is 4.82. The first-order valence-corrected chi connectivity index (χ1v) is 8.78. The van der Waals surface area contributed by atoms with Crippen molar-refractivity contribution >= 4 is 17.6 Å². The van der Waals surface area contributed by atoms with Crippen LogP contribution in [0.25, 0.3) is 0 Å². The van der Waals surface area contributed by atoms with Gasteiger partial charge in [0.15, 0.2) is 11.5 Å². The van der Waals surface area contributed by atoms with Gasteiger partial charge in [-0.3, -0.25) is 0 Å². The Morgan fingerprint density at radius 3 is 2.15 bits per heavy atom. The molecule has 3 aromatic rings. The van der Waals surface area contributed by atoms with Crippen molar-refractivity contribution in [2.45, 2.75) is 12.8 Å². The highest BCUT2D eigenvalue weighted by atomic mass is 16.7. The van der Waals surface area contributed by atoms with Gasteiger partial charge in [-0.1, -0.05) is 36.4 Å². The van der Waals surface area contributed by atoms with E-state index in [1.165, 1.54) is 11.1 Å². The number of hydrogen-bond donors (Lipinski definition) is 0. The second-order valence-corrected chi connectivity index (χ2v) is 6.43. The van der Waals surface area contributed by atoms with E-state index in [9.17, 15) is 0 Å². The SMILES string of the molecule is C(=N\N1c2ccccc2CCc2ccccc21)/c1ccc2c(c1)OCO2. The second-order valence-electron chi connectivity index (χ2n) is 6.43. The molecule has 0 N–H and O–H groups in total. The first-order valence-electron chi connectivity index (χ1n) is 8.78. The van der Waals surface area contributed by atoms with Crippen LogP contribution >= 0.6 is 0 Å². The highest BCUT2D eigenvalue weighted by Gasteiger charge is 2.19. The molecule has 0 saturated carbocycles. The monoisotopic (exact) mass is 342 g/mol. The Bertz CT molecular complexity index is 949. The Hall–Kier alpha value is -3.27. The third-order valence-corrected chi connectivity index (χ3v) is 4.82. The van der Waals surface area contributed by atoms with E-state index in [0.29, 0.717) is 0 Å². The van der Waals surface area contributed by atoms with Crippen LogP contribution in [-0.2, 0) is 12.8 Å². The van der Waals surface area contributed by atoms with Crippen molar-refractivity contribution in [3.05, 3.63) is 83.4 Å². The molecule has 4 heteroatoms. The van der Waals surface area contributed by atoms with Gasteiger partial charge in [-0.15, -0.1) is 0 Å². The van der Waals surface area contributed by atoms with Crippen LogP contribution in [0.2, 0.25) is 0 Å². The number of fused-ring (bicyclic) bond motifs is 3. The fourth-order valence-corrected chi connectivity index (χ4v) is 3.50. The summed E-state index contributed by atoms with van der Waals surface area (Å²) in [6.07, 6.45) is 3.91. The van der Waals surface area contributed by atoms with Gasteiger partial charge in [0.2, 0.25) is 6.79 Å². The molecule has 0 spiro atoms. The molecule has 128 valence electrons. The molecule has 2 aliphatic rings. The van der Waals surface area contributed by atoms with Crippen LogP contribution in [-0.4, -0.2) is 13.0 Å². The number of hydrazone groups is 1. The van der Waals surface area contributed by atoms with Gasteiger partial charge in [0.05, 0.1) is 17.6 Å². The van der Waals surface area contributed by atoms with Crippen molar-refractivity contribution in [1.82, 2.24) is 0 Å². The number of ether oxygens (including phenoxy) is 2. The highest BCUT2D eigenvalue weighted by molar-refractivity contribution is 5.83. The Morgan fingerprint density at radius 1 is 0.769 bits per heavy atom. The lowest BCUT2D eigenvalue weighted by Gasteiger charge is -2.21. The molecule has 0 amide bonds. The number of aryl methyl sites for hydroxylation is 2. The summed E-state index contributed by atoms with van der Waals surface area (Å²) in [5.74, 6) is 1.55. The van der Waals surface area contributed by atoms with E-state index in [1.54, 1.807) is 0 Å². The van der Waals surface area contributed by atoms with Gasteiger partial charge in [0.25, 0.3) is 0 Å². The number of benzene rings is 3. The van der Waals surface area contributed by atoms with E-state index < -0.39 is 0 Å². The average molecular weight is 342 g/mol. The fourth-order valence-electron chi connectivity index (χ4n) is 3.50. The summed E-state index contributed by atoms with van der Waals surface area (Å²) in [7, 11) is 0. The maximum Gasteiger partial charge on any atom is 0.231 e. The van der Waals surface area contributed by atoms with Crippen LogP contribution < -0.4 is 14.5 Å². The first-order chi connectivity index (χ1) is 12.9. The largest absolute Gasteiger partial charge is 0.454 e. The first kappa shape index (κ1) is 15.0. The molecular weight excluding hydrogens is 324 g/mol. The zero-order valence-corrected chi connectivity index (χ0v) is 14.3. The van der Waals surface area contributed by atoms with Gasteiger partial charge in [-0.2, -0.15) is 5.10 Å². The van der Waals surface area contributed by atoms with E-state index in [-0.39, 0.29) is 6.79 Å². The Kier molecular flexibility index (Phi) is 3.60. The summed E-state index contributed by atoms with van der Waals surface area (Å²) in [6.45, 7) is 0.281. The van der Waals surface area contributed by atoms with Gasteiger partial charge >= 0.3 is 0 Å². The summed E-state index contributed by atoms with van der Waals surface area (Å²) in [5, 5.41) is 6.88. The standard InChI is InChI=1S/C22H18N2O2/c1-3-7-19-17(5-1)10-11-18-6-2-4-8-20(18)24(19)23-14-16-9-12-21-22(13-16)26-15-25-21/h1-9,12-14H,10-11,15H2/b23-14+. The van der Waals surface area contributed by atoms with Crippen LogP contribution in [0.5, 0.6) is 11.5 Å². The van der Waals surface area contributed by atoms with Crippen molar-refractivity contribution in [2.24, 2.45) is 5.10 Å². The van der Waals surface area contributed by atoms with Crippen LogP contribution in [0.15, 0.2) is 71.8 Å². The Balaban J connectivity index is 1.57. The van der Waals surface area contributed by atoms with E-state index in [0.717, 1.165) is 41.3 Å². The maximum absolute atomic E-state index is 5.47. The predicted octanol–water partition coefficient (Wildman–Crippen LogP) is 4.69. The number of nitrogens with zero attached hydrogens (tertiary/aromatic N) is 2. The predicted molar refractivity (Wildman–Crippen MR) is 103 cm³/mol. The molecule has 0 radical (unpaired) electrons. The fraction of sp³-hybridized carbons (Fsp3) is 0.136. The topological polar surface area (TPSA) is 34.1 Å². The molecule has 5 rings (SSSR count). The van der Waals surface area contributed by atoms with Crippen molar-refractivity contribution in [3.63, 3.8) is 0 Å². The zero-order chi connectivity index (χ0) is 17.3. The van der Waals surface area contributed by atoms with Crippen molar-refractivity contribution in [3.8, 4) is 11.5 Å². The number of hydrogen-bond acceptors (Lipinski definition) is 4. The summed E-state index contributed by atoms with van der Waals surface area (Å²) >= 11 is 0. The summed E-state index contributed by atoms with van der Waals surface area (Å²) in [6, 6.07) is 22.8. The molecule has 4 nitrogen and oxygen atoms in total. The van der Waals surface area contributed by atoms with Crippen LogP contribution in [0.1, 0.15) is 16.7 Å². The van der Waals surface area contributed by atoms with Gasteiger partial charge < -0.3 is 9.47 Å². The Morgan fingerprint density at radius 2 is 1.42 bits per heavy atom. The lowest BCUT2D eigenvalue weighted by Crippen LogP contribution is -2.11. The van der Waals surface area contributed by atoms with Crippen molar-refractivity contribution in [1.29, 1.82) is 0 Å². The molecule has 0 atom stereocenters. The lowest BCUT2D eigenvalue weighted by atomic mass is 10.0. The smallest absolute Gasteiger partial charge is 0.231 e. The van der Waals surface area contributed by atoms with E-state index in [2.05, 4.69) is 48.5 Å². The molecule has 0 aliphatic carbocycles. The van der Waals surface area contributed by atoms with Gasteiger partial charge in [0, 0.05) is 0 Å². The molecular formula is C22H18N2O2. The van der Waals surface area contributed by atoms with E-state index in [4.69, 9.17) is 14.6 Å². The van der Waals surface area contributed by atoms with Gasteiger partial charge in [-0.05, 0) is 59.9 Å². The summed E-state index contributed by atoms with van der Waals surface area (Å²) in [4.78, 5) is 0. The Labute approximate surface area is 152 Å². The molecule has 0 bridgehead atoms. The molecule has 0 saturated heterocycles. The minimum Gasteiger partial charge on any atom is -0.454 e. The third kappa shape index (κ3) is 2.60. The van der Waals surface area contributed by atoms with Crippen LogP contribution in [0.4, 0.5) is 11.4 Å². The molecule has 0 fully saturated rings. The zero-order valence-electron chi connectivity index (χ0n) is 14.3. The van der Waals surface area contributed by atoms with E-state index in [1.807, 2.05) is 29.4 Å². The molecule has 0 aromatic heterocycles. The van der Waals surface area contributed by atoms with Crippen molar-refractivity contribution in [2.75, 3.05) is 11.8 Å². The van der Waals surface area contributed by atoms with Crippen LogP contribution in [0, 0.1) is 0 Å². The van der Waals surface area contributed by atoms with E-state index >= 15 is 0 Å². The molecule has 3 aromatic carbocycles. The molecule has 2 heterocycles. The number of rotatable bonds is 2. The molecule has 26 heavy (non-hydrogen) atoms. The normalized spacial score (nSPS) is 14.8. The summed E-state index contributed by atoms with van der Waals surface area (Å²) < 4.78 is 10.8. The van der Waals surface area contributed by atoms with Gasteiger partial charge in [-0.25, -0.2) is 5.01 Å².